The highest BCUT2D eigenvalue weighted by molar-refractivity contribution is 6.50. The first kappa shape index (κ1) is 62.0. The Morgan fingerprint density at radius 1 is 0.414 bits per heavy atom. The van der Waals surface area contributed by atoms with Gasteiger partial charge in [0.25, 0.3) is 0 Å². The van der Waals surface area contributed by atoms with Gasteiger partial charge in [0.1, 0.15) is 23.5 Å². The summed E-state index contributed by atoms with van der Waals surface area (Å²) in [4.78, 5) is 0.662. The summed E-state index contributed by atoms with van der Waals surface area (Å²) in [6, 6.07) is 0.230. The van der Waals surface area contributed by atoms with E-state index in [4.69, 9.17) is 0 Å². The molecule has 1 aliphatic rings. The zero-order chi connectivity index (χ0) is 55.8. The third kappa shape index (κ3) is 10.7. The number of hydrogen-bond acceptors (Lipinski definition) is 1. The molecule has 0 bridgehead atoms. The van der Waals surface area contributed by atoms with E-state index in [9.17, 15) is 114 Å². The highest BCUT2D eigenvalue weighted by Gasteiger charge is 2.92. The van der Waals surface area contributed by atoms with Gasteiger partial charge in [-0.2, -0.15) is 114 Å². The van der Waals surface area contributed by atoms with Crippen LogP contribution in [0.1, 0.15) is 59.1 Å². The molecule has 2 nitrogen and oxygen atoms in total. The van der Waals surface area contributed by atoms with Gasteiger partial charge < -0.3 is 17.3 Å². The van der Waals surface area contributed by atoms with Crippen LogP contribution >= 0.6 is 0 Å². The maximum atomic E-state index is 15.3. The van der Waals surface area contributed by atoms with Gasteiger partial charge >= 0.3 is 78.8 Å². The van der Waals surface area contributed by atoms with E-state index in [2.05, 4.69) is 0 Å². The monoisotopic (exact) mass is 1090 g/mol. The zero-order valence-electron chi connectivity index (χ0n) is 35.7. The highest BCUT2D eigenvalue weighted by atomic mass is 19.5. The molecule has 2 atom stereocenters. The van der Waals surface area contributed by atoms with Crippen LogP contribution in [-0.2, 0) is 0 Å². The maximum absolute atomic E-state index is 15.3. The Balaban J connectivity index is 0.00000319. The summed E-state index contributed by atoms with van der Waals surface area (Å²) in [5.41, 5.74) is 0.298. The Kier molecular flexibility index (Phi) is 16.6. The van der Waals surface area contributed by atoms with E-state index in [-0.39, 0.29) is 33.6 Å². The summed E-state index contributed by atoms with van der Waals surface area (Å²) in [6.07, 6.45) is -24.9. The number of halogens is 30. The van der Waals surface area contributed by atoms with Crippen LogP contribution in [0.25, 0.3) is 0 Å². The molecule has 0 saturated carbocycles. The van der Waals surface area contributed by atoms with E-state index in [0.29, 0.717) is 20.6 Å². The SMILES string of the molecule is Cc1cc(C)c(N2C=[N+](c3c(C)cc(C)cc3C)[C@@H](CCC(F)(F)C(F)(F)C(F)(F)C(F)(F)C(F)(F)C(F)(F)F)[C@@H]2CCC(F)(F)C(F)(F)C(F)(F)C(F)(F)C(F)(F)C(F)(F)F)c(C)c1.F[B-](F)(F)F. The van der Waals surface area contributed by atoms with Crippen molar-refractivity contribution in [3.05, 3.63) is 57.6 Å². The lowest BCUT2D eigenvalue weighted by Crippen LogP contribution is -2.70. The normalized spacial score (nSPS) is 18.0. The van der Waals surface area contributed by atoms with Crippen LogP contribution in [0, 0.1) is 41.5 Å². The van der Waals surface area contributed by atoms with Crippen molar-refractivity contribution >= 4 is 25.0 Å². The van der Waals surface area contributed by atoms with Crippen molar-refractivity contribution in [3.8, 4) is 0 Å². The van der Waals surface area contributed by atoms with Crippen molar-refractivity contribution in [1.82, 2.24) is 0 Å². The van der Waals surface area contributed by atoms with E-state index in [0.717, 1.165) is 6.34 Å². The Hall–Kier alpha value is -4.13. The van der Waals surface area contributed by atoms with Crippen LogP contribution in [0.15, 0.2) is 24.3 Å². The second-order valence-corrected chi connectivity index (χ2v) is 16.1. The van der Waals surface area contributed by atoms with Crippen LogP contribution < -0.4 is 4.90 Å². The largest absolute Gasteiger partial charge is 0.673 e. The van der Waals surface area contributed by atoms with Crippen molar-refractivity contribution in [1.29, 1.82) is 0 Å². The van der Waals surface area contributed by atoms with Crippen molar-refractivity contribution in [3.63, 3.8) is 0 Å². The topological polar surface area (TPSA) is 6.25 Å². The smallest absolute Gasteiger partial charge is 0.418 e. The summed E-state index contributed by atoms with van der Waals surface area (Å²) >= 11 is 0. The number of anilines is 1. The second-order valence-electron chi connectivity index (χ2n) is 16.1. The molecule has 0 spiro atoms. The lowest BCUT2D eigenvalue weighted by Gasteiger charge is -2.40. The van der Waals surface area contributed by atoms with Gasteiger partial charge in [-0.05, 0) is 76.6 Å². The van der Waals surface area contributed by atoms with Crippen LogP contribution in [0.3, 0.4) is 0 Å². The van der Waals surface area contributed by atoms with Crippen molar-refractivity contribution in [2.24, 2.45) is 0 Å². The number of alkyl halides is 26. The molecule has 2 aromatic rings. The highest BCUT2D eigenvalue weighted by Crippen LogP contribution is 2.63. The molecule has 404 valence electrons. The summed E-state index contributed by atoms with van der Waals surface area (Å²) < 4.78 is 405. The van der Waals surface area contributed by atoms with Gasteiger partial charge in [-0.3, -0.25) is 0 Å². The van der Waals surface area contributed by atoms with Crippen LogP contribution in [0.4, 0.5) is 143 Å². The summed E-state index contributed by atoms with van der Waals surface area (Å²) in [5, 5.41) is 0. The van der Waals surface area contributed by atoms with Crippen LogP contribution in [0.5, 0.6) is 0 Å². The minimum Gasteiger partial charge on any atom is -0.418 e. The number of nitrogens with zero attached hydrogens (tertiary/aromatic N) is 2. The molecular formula is C37H33BF30N2. The molecule has 0 saturated heterocycles. The van der Waals surface area contributed by atoms with Crippen molar-refractivity contribution in [2.45, 2.75) is 151 Å². The summed E-state index contributed by atoms with van der Waals surface area (Å²) in [6.45, 7) is 7.77. The van der Waals surface area contributed by atoms with Gasteiger partial charge in [-0.15, -0.1) is 0 Å². The van der Waals surface area contributed by atoms with Crippen LogP contribution in [0.2, 0.25) is 0 Å². The molecule has 33 heteroatoms. The molecule has 3 rings (SSSR count). The van der Waals surface area contributed by atoms with Gasteiger partial charge in [0.2, 0.25) is 6.34 Å². The molecule has 70 heavy (non-hydrogen) atoms. The minimum absolute atomic E-state index is 0.0173. The van der Waals surface area contributed by atoms with Crippen molar-refractivity contribution in [2.75, 3.05) is 4.90 Å². The molecule has 0 radical (unpaired) electrons. The number of benzene rings is 2. The number of aryl methyl sites for hydroxylation is 6. The average molecular weight is 1090 g/mol. The van der Waals surface area contributed by atoms with E-state index in [1.165, 1.54) is 65.8 Å². The molecule has 0 fully saturated rings. The Bertz CT molecular complexity index is 2170. The molecule has 0 amide bonds. The minimum atomic E-state index is -8.34. The fraction of sp³-hybridized carbons (Fsp3) is 0.649. The molecular weight excluding hydrogens is 1050 g/mol. The predicted octanol–water partition coefficient (Wildman–Crippen LogP) is 15.8. The maximum Gasteiger partial charge on any atom is 0.673 e. The number of hydrogen-bond donors (Lipinski definition) is 0. The van der Waals surface area contributed by atoms with Gasteiger partial charge in [-0.25, -0.2) is 9.48 Å². The first-order valence-electron chi connectivity index (χ1n) is 18.9. The Morgan fingerprint density at radius 2 is 0.686 bits per heavy atom. The third-order valence-corrected chi connectivity index (χ3v) is 10.7. The van der Waals surface area contributed by atoms with E-state index < -0.39 is 117 Å². The van der Waals surface area contributed by atoms with E-state index in [1.807, 2.05) is 0 Å². The fourth-order valence-electron chi connectivity index (χ4n) is 7.52. The fourth-order valence-corrected chi connectivity index (χ4v) is 7.52. The Labute approximate surface area is 374 Å². The molecule has 2 aromatic carbocycles. The van der Waals surface area contributed by atoms with Gasteiger partial charge in [-0.1, -0.05) is 35.4 Å². The molecule has 0 unspecified atom stereocenters. The average Bonchev–Trinajstić information content (AvgIpc) is 3.46. The standard InChI is InChI=1S/C37H33F26N2.BF4/c1-16-11-18(3)24(19(4)12-16)64-15-65(25-20(5)13-17(2)14-21(25)6)23(8-10-27(40,41)29(44,45)31(48,49)33(52,53)35(56,57)37(61,62)63)22(64)7-9-26(38,39)28(42,43)30(46,47)32(50,51)34(54,55)36(58,59)60;2-1(3,4)5/h11-15,22-23H,7-10H2,1-6H3;/q+1;-1/t22-,23-;/m0./s1. The number of rotatable bonds is 16. The summed E-state index contributed by atoms with van der Waals surface area (Å²) in [7, 11) is -6.00. The molecule has 0 aromatic heterocycles. The van der Waals surface area contributed by atoms with E-state index in [1.54, 1.807) is 0 Å². The molecule has 1 aliphatic heterocycles. The van der Waals surface area contributed by atoms with Gasteiger partial charge in [0, 0.05) is 12.8 Å². The van der Waals surface area contributed by atoms with Crippen LogP contribution in [-0.4, -0.2) is 102 Å². The predicted molar refractivity (Wildman–Crippen MR) is 188 cm³/mol. The lowest BCUT2D eigenvalue weighted by atomic mass is 9.87. The zero-order valence-corrected chi connectivity index (χ0v) is 35.7. The van der Waals surface area contributed by atoms with Crippen molar-refractivity contribution < 1.29 is 136 Å². The summed E-state index contributed by atoms with van der Waals surface area (Å²) in [5.74, 6) is -78.9. The Morgan fingerprint density at radius 3 is 0.986 bits per heavy atom. The third-order valence-electron chi connectivity index (χ3n) is 10.7. The van der Waals surface area contributed by atoms with Gasteiger partial charge in [0.15, 0.2) is 0 Å². The van der Waals surface area contributed by atoms with E-state index >= 15 is 17.6 Å². The molecule has 0 aliphatic carbocycles. The first-order chi connectivity index (χ1) is 30.6. The first-order valence-corrected chi connectivity index (χ1v) is 18.9. The lowest BCUT2D eigenvalue weighted by molar-refractivity contribution is -0.479. The second kappa shape index (κ2) is 18.7. The van der Waals surface area contributed by atoms with Gasteiger partial charge in [0.05, 0.1) is 0 Å². The molecule has 1 heterocycles. The quantitative estimate of drug-likeness (QED) is 0.0922. The molecule has 0 N–H and O–H groups in total.